The number of likely N-dealkylation sites (tertiary alicyclic amines) is 1. The van der Waals surface area contributed by atoms with E-state index in [-0.39, 0.29) is 12.4 Å². The van der Waals surface area contributed by atoms with Crippen LogP contribution in [0.15, 0.2) is 18.2 Å². The first-order valence-electron chi connectivity index (χ1n) is 6.83. The zero-order valence-electron chi connectivity index (χ0n) is 11.3. The second-order valence-corrected chi connectivity index (χ2v) is 5.04. The molecule has 1 aromatic carbocycles. The number of benzene rings is 1. The summed E-state index contributed by atoms with van der Waals surface area (Å²) in [7, 11) is 0. The van der Waals surface area contributed by atoms with E-state index in [0.717, 1.165) is 12.1 Å². The van der Waals surface area contributed by atoms with Gasteiger partial charge in [-0.2, -0.15) is 0 Å². The fourth-order valence-corrected chi connectivity index (χ4v) is 2.42. The molecule has 1 atom stereocenters. The predicted octanol–water partition coefficient (Wildman–Crippen LogP) is 2.54. The average Bonchev–Trinajstić information content (AvgIpc) is 2.79. The highest BCUT2D eigenvalue weighted by Gasteiger charge is 2.21. The van der Waals surface area contributed by atoms with Gasteiger partial charge >= 0.3 is 0 Å². The molecule has 19 heavy (non-hydrogen) atoms. The average molecular weight is 261 g/mol. The highest BCUT2D eigenvalue weighted by Crippen LogP contribution is 2.21. The zero-order valence-corrected chi connectivity index (χ0v) is 11.3. The lowest BCUT2D eigenvalue weighted by molar-refractivity contribution is 0.256. The van der Waals surface area contributed by atoms with E-state index in [9.17, 15) is 4.39 Å². The fraction of sp³-hybridized carbons (Fsp3) is 0.500. The van der Waals surface area contributed by atoms with Crippen LogP contribution < -0.4 is 0 Å². The Morgan fingerprint density at radius 3 is 2.95 bits per heavy atom. The summed E-state index contributed by atoms with van der Waals surface area (Å²) in [5, 5.41) is 8.65. The van der Waals surface area contributed by atoms with Crippen LogP contribution in [0.4, 0.5) is 4.39 Å². The van der Waals surface area contributed by atoms with Crippen LogP contribution in [0.1, 0.15) is 37.3 Å². The molecule has 1 aliphatic rings. The Labute approximate surface area is 114 Å². The summed E-state index contributed by atoms with van der Waals surface area (Å²) in [4.78, 5) is 2.32. The number of hydrogen-bond donors (Lipinski definition) is 1. The molecule has 0 aliphatic carbocycles. The molecule has 2 rings (SSSR count). The number of hydrogen-bond acceptors (Lipinski definition) is 2. The van der Waals surface area contributed by atoms with Crippen LogP contribution in [0.5, 0.6) is 0 Å². The van der Waals surface area contributed by atoms with Gasteiger partial charge in [-0.05, 0) is 38.4 Å². The summed E-state index contributed by atoms with van der Waals surface area (Å²) >= 11 is 0. The first kappa shape index (κ1) is 14.0. The zero-order chi connectivity index (χ0) is 13.7. The predicted molar refractivity (Wildman–Crippen MR) is 74.1 cm³/mol. The van der Waals surface area contributed by atoms with Gasteiger partial charge in [-0.15, -0.1) is 0 Å². The van der Waals surface area contributed by atoms with E-state index in [2.05, 4.69) is 23.7 Å². The van der Waals surface area contributed by atoms with Gasteiger partial charge in [0.1, 0.15) is 5.82 Å². The lowest BCUT2D eigenvalue weighted by Crippen LogP contribution is -2.26. The van der Waals surface area contributed by atoms with Crippen molar-refractivity contribution < 1.29 is 9.50 Å². The van der Waals surface area contributed by atoms with E-state index in [1.165, 1.54) is 18.9 Å². The molecule has 0 amide bonds. The Bertz CT molecular complexity index is 489. The van der Waals surface area contributed by atoms with Crippen molar-refractivity contribution in [3.8, 4) is 11.8 Å². The van der Waals surface area contributed by atoms with Crippen LogP contribution in [-0.2, 0) is 6.54 Å². The second-order valence-electron chi connectivity index (χ2n) is 5.04. The molecule has 1 aromatic rings. The number of nitrogens with zero attached hydrogens (tertiary/aromatic N) is 1. The maximum atomic E-state index is 14.0. The van der Waals surface area contributed by atoms with Gasteiger partial charge in [0.15, 0.2) is 0 Å². The van der Waals surface area contributed by atoms with Crippen LogP contribution in [-0.4, -0.2) is 29.2 Å². The molecule has 3 heteroatoms. The van der Waals surface area contributed by atoms with E-state index in [4.69, 9.17) is 5.11 Å². The van der Waals surface area contributed by atoms with Gasteiger partial charge < -0.3 is 5.11 Å². The first-order valence-corrected chi connectivity index (χ1v) is 6.83. The highest BCUT2D eigenvalue weighted by atomic mass is 19.1. The van der Waals surface area contributed by atoms with Crippen molar-refractivity contribution in [2.24, 2.45) is 0 Å². The van der Waals surface area contributed by atoms with Gasteiger partial charge in [-0.1, -0.05) is 17.9 Å². The molecule has 2 nitrogen and oxygen atoms in total. The molecule has 0 radical (unpaired) electrons. The smallest absolute Gasteiger partial charge is 0.128 e. The molecule has 0 spiro atoms. The standard InChI is InChI=1S/C16H20FNO/c1-13-5-4-9-18(13)12-15-8-7-14(11-16(15)17)6-2-3-10-19/h7-8,11,13,19H,3-5,9-10,12H2,1H3. The third kappa shape index (κ3) is 3.79. The maximum Gasteiger partial charge on any atom is 0.128 e. The molecular weight excluding hydrogens is 241 g/mol. The summed E-state index contributed by atoms with van der Waals surface area (Å²) in [5.41, 5.74) is 1.41. The van der Waals surface area contributed by atoms with Crippen molar-refractivity contribution in [3.05, 3.63) is 35.1 Å². The van der Waals surface area contributed by atoms with Crippen LogP contribution in [0, 0.1) is 17.7 Å². The van der Waals surface area contributed by atoms with E-state index in [0.29, 0.717) is 24.6 Å². The molecule has 0 bridgehead atoms. The Kier molecular flexibility index (Phi) is 4.95. The molecule has 1 saturated heterocycles. The van der Waals surface area contributed by atoms with Crippen LogP contribution in [0.3, 0.4) is 0 Å². The van der Waals surface area contributed by atoms with Gasteiger partial charge in [-0.25, -0.2) is 4.39 Å². The molecule has 1 N–H and O–H groups in total. The highest BCUT2D eigenvalue weighted by molar-refractivity contribution is 5.37. The van der Waals surface area contributed by atoms with Crippen molar-refractivity contribution >= 4 is 0 Å². The number of aliphatic hydroxyl groups is 1. The third-order valence-corrected chi connectivity index (χ3v) is 3.59. The van der Waals surface area contributed by atoms with Crippen molar-refractivity contribution in [1.29, 1.82) is 0 Å². The SMILES string of the molecule is CC1CCCN1Cc1ccc(C#CCCO)cc1F. The quantitative estimate of drug-likeness (QED) is 0.845. The Balaban J connectivity index is 2.05. The van der Waals surface area contributed by atoms with Gasteiger partial charge in [-0.3, -0.25) is 4.90 Å². The van der Waals surface area contributed by atoms with Gasteiger partial charge in [0, 0.05) is 30.1 Å². The van der Waals surface area contributed by atoms with Crippen LogP contribution in [0.25, 0.3) is 0 Å². The lowest BCUT2D eigenvalue weighted by Gasteiger charge is -2.21. The summed E-state index contributed by atoms with van der Waals surface area (Å²) in [5.74, 6) is 5.47. The van der Waals surface area contributed by atoms with Crippen LogP contribution in [0.2, 0.25) is 0 Å². The molecule has 0 saturated carbocycles. The normalized spacial score (nSPS) is 19.2. The molecule has 0 aromatic heterocycles. The van der Waals surface area contributed by atoms with Gasteiger partial charge in [0.25, 0.3) is 0 Å². The molecular formula is C16H20FNO. The number of rotatable bonds is 3. The van der Waals surface area contributed by atoms with Crippen LogP contribution >= 0.6 is 0 Å². The van der Waals surface area contributed by atoms with Gasteiger partial charge in [0.05, 0.1) is 6.61 Å². The van der Waals surface area contributed by atoms with E-state index >= 15 is 0 Å². The second kappa shape index (κ2) is 6.70. The van der Waals surface area contributed by atoms with Crippen molar-refractivity contribution in [2.45, 2.75) is 38.8 Å². The Morgan fingerprint density at radius 1 is 1.47 bits per heavy atom. The lowest BCUT2D eigenvalue weighted by atomic mass is 10.1. The summed E-state index contributed by atoms with van der Waals surface area (Å²) in [6.07, 6.45) is 2.83. The van der Waals surface area contributed by atoms with Crippen molar-refractivity contribution in [3.63, 3.8) is 0 Å². The van der Waals surface area contributed by atoms with Crippen molar-refractivity contribution in [2.75, 3.05) is 13.2 Å². The summed E-state index contributed by atoms with van der Waals surface area (Å²) in [6.45, 7) is 3.97. The Morgan fingerprint density at radius 2 is 2.32 bits per heavy atom. The minimum absolute atomic E-state index is 0.0421. The monoisotopic (exact) mass is 261 g/mol. The first-order chi connectivity index (χ1) is 9.20. The molecule has 1 aliphatic heterocycles. The molecule has 1 unspecified atom stereocenters. The number of halogens is 1. The van der Waals surface area contributed by atoms with Crippen molar-refractivity contribution in [1.82, 2.24) is 4.90 Å². The molecule has 102 valence electrons. The summed E-state index contributed by atoms with van der Waals surface area (Å²) in [6, 6.07) is 5.70. The third-order valence-electron chi connectivity index (χ3n) is 3.59. The minimum atomic E-state index is -0.185. The largest absolute Gasteiger partial charge is 0.395 e. The maximum absolute atomic E-state index is 14.0. The molecule has 1 heterocycles. The number of aliphatic hydroxyl groups excluding tert-OH is 1. The summed E-state index contributed by atoms with van der Waals surface area (Å²) < 4.78 is 14.0. The fourth-order valence-electron chi connectivity index (χ4n) is 2.42. The van der Waals surface area contributed by atoms with Gasteiger partial charge in [0.2, 0.25) is 0 Å². The van der Waals surface area contributed by atoms with E-state index in [1.807, 2.05) is 12.1 Å². The topological polar surface area (TPSA) is 23.5 Å². The van der Waals surface area contributed by atoms with E-state index < -0.39 is 0 Å². The Hall–Kier alpha value is -1.37. The van der Waals surface area contributed by atoms with E-state index in [1.54, 1.807) is 0 Å². The molecule has 1 fully saturated rings. The minimum Gasteiger partial charge on any atom is -0.395 e.